The quantitative estimate of drug-likeness (QED) is 0.838. The minimum Gasteiger partial charge on any atom is -0.304 e. The summed E-state index contributed by atoms with van der Waals surface area (Å²) in [6, 6.07) is 8.89. The Morgan fingerprint density at radius 2 is 1.95 bits per heavy atom. The number of halogens is 1. The normalized spacial score (nSPS) is 12.3. The molecule has 2 aromatic rings. The molecule has 1 atom stereocenters. The van der Waals surface area contributed by atoms with Crippen LogP contribution in [0.2, 0.25) is 0 Å². The maximum Gasteiger partial charge on any atom is 0.125 e. The van der Waals surface area contributed by atoms with Crippen LogP contribution in [-0.2, 0) is 6.54 Å². The van der Waals surface area contributed by atoms with Crippen LogP contribution in [0.15, 0.2) is 36.5 Å². The first kappa shape index (κ1) is 15.6. The molecular weight excluding hydrogens is 265 g/mol. The number of nitrogens with one attached hydrogen (secondary N) is 1. The van der Waals surface area contributed by atoms with E-state index in [1.807, 2.05) is 25.1 Å². The zero-order chi connectivity index (χ0) is 15.1. The summed E-state index contributed by atoms with van der Waals surface area (Å²) in [5, 5.41) is 3.52. The van der Waals surface area contributed by atoms with Crippen LogP contribution in [-0.4, -0.2) is 9.97 Å². The molecule has 0 aliphatic heterocycles. The van der Waals surface area contributed by atoms with Gasteiger partial charge in [-0.25, -0.2) is 14.4 Å². The average molecular weight is 287 g/mol. The van der Waals surface area contributed by atoms with Crippen molar-refractivity contribution in [1.82, 2.24) is 15.3 Å². The number of unbranched alkanes of at least 4 members (excludes halogenated alkanes) is 1. The Morgan fingerprint density at radius 3 is 2.62 bits per heavy atom. The third kappa shape index (κ3) is 4.90. The van der Waals surface area contributed by atoms with Gasteiger partial charge in [0.25, 0.3) is 0 Å². The van der Waals surface area contributed by atoms with Gasteiger partial charge in [0.2, 0.25) is 0 Å². The van der Waals surface area contributed by atoms with Crippen molar-refractivity contribution in [1.29, 1.82) is 0 Å². The molecule has 1 N–H and O–H groups in total. The molecule has 4 heteroatoms. The summed E-state index contributed by atoms with van der Waals surface area (Å²) in [5.74, 6) is 0.584. The van der Waals surface area contributed by atoms with Crippen LogP contribution >= 0.6 is 0 Å². The Hall–Kier alpha value is -1.81. The van der Waals surface area contributed by atoms with Gasteiger partial charge >= 0.3 is 0 Å². The van der Waals surface area contributed by atoms with E-state index >= 15 is 0 Å². The molecule has 0 aliphatic carbocycles. The highest BCUT2D eigenvalue weighted by molar-refractivity contribution is 5.20. The standard InChI is InChI=1S/C17H22FN3/c1-3-4-5-17(14-6-8-15(18)9-7-14)20-12-16-10-11-19-13(2)21-16/h6-11,17,20H,3-5,12H2,1-2H3. The molecule has 0 spiro atoms. The Balaban J connectivity index is 2.04. The second-order valence-corrected chi connectivity index (χ2v) is 5.22. The molecule has 0 fully saturated rings. The van der Waals surface area contributed by atoms with Crippen LogP contribution in [0.25, 0.3) is 0 Å². The maximum atomic E-state index is 13.1. The second kappa shape index (κ2) is 7.84. The van der Waals surface area contributed by atoms with E-state index in [9.17, 15) is 4.39 Å². The Kier molecular flexibility index (Phi) is 5.81. The molecule has 0 bridgehead atoms. The van der Waals surface area contributed by atoms with Crippen molar-refractivity contribution < 1.29 is 4.39 Å². The van der Waals surface area contributed by atoms with Gasteiger partial charge in [-0.2, -0.15) is 0 Å². The van der Waals surface area contributed by atoms with Crippen LogP contribution in [0.5, 0.6) is 0 Å². The number of aryl methyl sites for hydroxylation is 1. The van der Waals surface area contributed by atoms with Crippen molar-refractivity contribution in [2.24, 2.45) is 0 Å². The predicted octanol–water partition coefficient (Wildman–Crippen LogP) is 3.95. The number of nitrogens with zero attached hydrogens (tertiary/aromatic N) is 2. The van der Waals surface area contributed by atoms with Crippen molar-refractivity contribution in [3.8, 4) is 0 Å². The molecular formula is C17H22FN3. The summed E-state index contributed by atoms with van der Waals surface area (Å²) in [5.41, 5.74) is 2.10. The fraction of sp³-hybridized carbons (Fsp3) is 0.412. The monoisotopic (exact) mass is 287 g/mol. The fourth-order valence-corrected chi connectivity index (χ4v) is 2.32. The van der Waals surface area contributed by atoms with Crippen molar-refractivity contribution in [2.75, 3.05) is 0 Å². The largest absolute Gasteiger partial charge is 0.304 e. The molecule has 0 aliphatic rings. The van der Waals surface area contributed by atoms with Gasteiger partial charge < -0.3 is 5.32 Å². The molecule has 112 valence electrons. The fourth-order valence-electron chi connectivity index (χ4n) is 2.32. The molecule has 3 nitrogen and oxygen atoms in total. The SMILES string of the molecule is CCCCC(NCc1ccnc(C)n1)c1ccc(F)cc1. The van der Waals surface area contributed by atoms with E-state index in [-0.39, 0.29) is 11.9 Å². The molecule has 1 heterocycles. The average Bonchev–Trinajstić information content (AvgIpc) is 2.49. The van der Waals surface area contributed by atoms with Gasteiger partial charge in [0, 0.05) is 18.8 Å². The lowest BCUT2D eigenvalue weighted by Crippen LogP contribution is -2.21. The van der Waals surface area contributed by atoms with Crippen LogP contribution in [0.4, 0.5) is 4.39 Å². The van der Waals surface area contributed by atoms with Crippen LogP contribution in [0.3, 0.4) is 0 Å². The smallest absolute Gasteiger partial charge is 0.125 e. The van der Waals surface area contributed by atoms with E-state index in [2.05, 4.69) is 22.2 Å². The van der Waals surface area contributed by atoms with E-state index in [4.69, 9.17) is 0 Å². The Labute approximate surface area is 125 Å². The molecule has 21 heavy (non-hydrogen) atoms. The van der Waals surface area contributed by atoms with Gasteiger partial charge in [-0.1, -0.05) is 31.9 Å². The molecule has 0 amide bonds. The van der Waals surface area contributed by atoms with Crippen LogP contribution in [0, 0.1) is 12.7 Å². The summed E-state index contributed by atoms with van der Waals surface area (Å²) in [4.78, 5) is 8.50. The van der Waals surface area contributed by atoms with Gasteiger partial charge in [-0.15, -0.1) is 0 Å². The summed E-state index contributed by atoms with van der Waals surface area (Å²) in [6.07, 6.45) is 5.09. The highest BCUT2D eigenvalue weighted by Crippen LogP contribution is 2.20. The predicted molar refractivity (Wildman–Crippen MR) is 82.3 cm³/mol. The lowest BCUT2D eigenvalue weighted by Gasteiger charge is -2.19. The highest BCUT2D eigenvalue weighted by atomic mass is 19.1. The first-order valence-electron chi connectivity index (χ1n) is 7.46. The van der Waals surface area contributed by atoms with Crippen molar-refractivity contribution in [2.45, 2.75) is 45.7 Å². The number of rotatable bonds is 7. The third-order valence-electron chi connectivity index (χ3n) is 3.48. The number of hydrogen-bond acceptors (Lipinski definition) is 3. The van der Waals surface area contributed by atoms with E-state index in [1.54, 1.807) is 6.20 Å². The van der Waals surface area contributed by atoms with E-state index in [0.717, 1.165) is 36.3 Å². The highest BCUT2D eigenvalue weighted by Gasteiger charge is 2.11. The van der Waals surface area contributed by atoms with Gasteiger partial charge in [-0.3, -0.25) is 0 Å². The first-order valence-corrected chi connectivity index (χ1v) is 7.46. The summed E-state index contributed by atoms with van der Waals surface area (Å²) < 4.78 is 13.1. The minimum atomic E-state index is -0.195. The molecule has 1 unspecified atom stereocenters. The van der Waals surface area contributed by atoms with Gasteiger partial charge in [0.1, 0.15) is 11.6 Å². The summed E-state index contributed by atoms with van der Waals surface area (Å²) in [6.45, 7) is 4.75. The second-order valence-electron chi connectivity index (χ2n) is 5.22. The topological polar surface area (TPSA) is 37.8 Å². The van der Waals surface area contributed by atoms with Gasteiger partial charge in [0.05, 0.1) is 5.69 Å². The summed E-state index contributed by atoms with van der Waals surface area (Å²) in [7, 11) is 0. The summed E-state index contributed by atoms with van der Waals surface area (Å²) >= 11 is 0. The van der Waals surface area contributed by atoms with E-state index in [1.165, 1.54) is 12.1 Å². The lowest BCUT2D eigenvalue weighted by molar-refractivity contribution is 0.476. The molecule has 1 aromatic heterocycles. The van der Waals surface area contributed by atoms with E-state index < -0.39 is 0 Å². The molecule has 0 saturated heterocycles. The maximum absolute atomic E-state index is 13.1. The Bertz CT molecular complexity index is 554. The third-order valence-corrected chi connectivity index (χ3v) is 3.48. The minimum absolute atomic E-state index is 0.195. The van der Waals surface area contributed by atoms with Crippen molar-refractivity contribution in [3.05, 3.63) is 59.4 Å². The zero-order valence-corrected chi connectivity index (χ0v) is 12.6. The van der Waals surface area contributed by atoms with Gasteiger partial charge in [0.15, 0.2) is 0 Å². The van der Waals surface area contributed by atoms with Crippen molar-refractivity contribution in [3.63, 3.8) is 0 Å². The van der Waals surface area contributed by atoms with Crippen LogP contribution < -0.4 is 5.32 Å². The van der Waals surface area contributed by atoms with E-state index in [0.29, 0.717) is 6.54 Å². The van der Waals surface area contributed by atoms with Gasteiger partial charge in [-0.05, 0) is 37.1 Å². The number of hydrogen-bond donors (Lipinski definition) is 1. The number of aromatic nitrogens is 2. The molecule has 0 saturated carbocycles. The van der Waals surface area contributed by atoms with Crippen molar-refractivity contribution >= 4 is 0 Å². The molecule has 1 aromatic carbocycles. The Morgan fingerprint density at radius 1 is 1.19 bits per heavy atom. The number of benzene rings is 1. The first-order chi connectivity index (χ1) is 10.2. The zero-order valence-electron chi connectivity index (χ0n) is 12.6. The van der Waals surface area contributed by atoms with Crippen LogP contribution in [0.1, 0.15) is 49.3 Å². The molecule has 0 radical (unpaired) electrons. The lowest BCUT2D eigenvalue weighted by atomic mass is 10.0. The molecule has 2 rings (SSSR count).